The van der Waals surface area contributed by atoms with E-state index in [4.69, 9.17) is 39.2 Å². The molecule has 5 heterocycles. The average molecular weight is 1740 g/mol. The lowest BCUT2D eigenvalue weighted by Gasteiger charge is -2.38. The van der Waals surface area contributed by atoms with Gasteiger partial charge in [0.2, 0.25) is 0 Å². The summed E-state index contributed by atoms with van der Waals surface area (Å²) in [6.07, 6.45) is 1.86. The molecule has 16 rings (SSSR count). The Bertz CT molecular complexity index is 5290. The number of benzene rings is 11. The van der Waals surface area contributed by atoms with E-state index in [0.717, 1.165) is 55.5 Å². The van der Waals surface area contributed by atoms with Crippen LogP contribution in [-0.2, 0) is 18.3 Å². The molecule has 4 aliphatic rings. The van der Waals surface area contributed by atoms with Crippen molar-refractivity contribution in [1.82, 2.24) is 0 Å². The first kappa shape index (κ1) is 83.2. The lowest BCUT2D eigenvalue weighted by Crippen LogP contribution is -2.24. The van der Waals surface area contributed by atoms with Crippen LogP contribution in [0.25, 0.3) is 0 Å². The molecule has 0 aliphatic carbocycles. The fourth-order valence-electron chi connectivity index (χ4n) is 15.7. The van der Waals surface area contributed by atoms with Crippen LogP contribution in [-0.4, -0.2) is 52.4 Å². The van der Waals surface area contributed by atoms with Crippen molar-refractivity contribution in [3.8, 4) is 24.3 Å². The Labute approximate surface area is 700 Å². The molecule has 12 aromatic rings. The molecule has 586 valence electrons. The van der Waals surface area contributed by atoms with Crippen LogP contribution in [0.3, 0.4) is 0 Å². The van der Waals surface area contributed by atoms with E-state index in [2.05, 4.69) is 40.2 Å². The minimum atomic E-state index is -3.41. The Morgan fingerprint density at radius 1 is 0.319 bits per heavy atom. The third kappa shape index (κ3) is 17.4. The van der Waals surface area contributed by atoms with Gasteiger partial charge in [0.05, 0.1) is 73.2 Å². The Kier molecular flexibility index (Phi) is 27.5. The Hall–Kier alpha value is -10.7. The van der Waals surface area contributed by atoms with Gasteiger partial charge in [-0.3, -0.25) is 18.3 Å². The highest BCUT2D eigenvalue weighted by molar-refractivity contribution is 9.10. The molecule has 4 atom stereocenters. The maximum Gasteiger partial charge on any atom is 0.274 e. The topological polar surface area (TPSA) is 202 Å². The maximum absolute atomic E-state index is 15.1. The predicted molar refractivity (Wildman–Crippen MR) is 473 cm³/mol. The lowest BCUT2D eigenvalue weighted by atomic mass is 10.1. The zero-order chi connectivity index (χ0) is 81.2. The molecule has 4 aliphatic heterocycles. The Balaban J connectivity index is 0.000000135. The van der Waals surface area contributed by atoms with Crippen molar-refractivity contribution in [3.05, 3.63) is 370 Å². The second-order valence-corrected chi connectivity index (χ2v) is 40.6. The number of rotatable bonds is 20. The predicted octanol–water partition coefficient (Wildman–Crippen LogP) is 25.9. The number of para-hydroxylation sites is 8. The summed E-state index contributed by atoms with van der Waals surface area (Å²) in [5.74, 6) is 0.152. The second-order valence-electron chi connectivity index (χ2n) is 27.4. The summed E-state index contributed by atoms with van der Waals surface area (Å²) < 4.78 is 96.3. The third-order valence-corrected chi connectivity index (χ3v) is 36.4. The Morgan fingerprint density at radius 3 is 0.836 bits per heavy atom. The van der Waals surface area contributed by atoms with E-state index in [0.29, 0.717) is 84.3 Å². The largest absolute Gasteiger partial charge is 0.468 e. The van der Waals surface area contributed by atoms with E-state index >= 15 is 9.13 Å². The second kappa shape index (κ2) is 38.3. The highest BCUT2D eigenvalue weighted by Crippen LogP contribution is 2.74. The van der Waals surface area contributed by atoms with Gasteiger partial charge in [-0.2, -0.15) is 21.0 Å². The zero-order valence-corrected chi connectivity index (χ0v) is 70.4. The van der Waals surface area contributed by atoms with Crippen LogP contribution in [0.2, 0.25) is 15.1 Å². The summed E-state index contributed by atoms with van der Waals surface area (Å²) in [6, 6.07) is 107. The molecule has 17 nitrogen and oxygen atoms in total. The summed E-state index contributed by atoms with van der Waals surface area (Å²) >= 11 is 22.4. The van der Waals surface area contributed by atoms with Crippen molar-refractivity contribution in [3.63, 3.8) is 0 Å². The van der Waals surface area contributed by atoms with E-state index < -0.39 is 58.2 Å². The summed E-state index contributed by atoms with van der Waals surface area (Å²) in [4.78, 5) is 0. The van der Waals surface area contributed by atoms with E-state index in [1.165, 1.54) is 6.07 Å². The summed E-state index contributed by atoms with van der Waals surface area (Å²) in [5.41, 5.74) is 6.39. The molecule has 0 N–H and O–H groups in total. The molecule has 116 heavy (non-hydrogen) atoms. The van der Waals surface area contributed by atoms with Gasteiger partial charge in [-0.05, 0) is 151 Å². The van der Waals surface area contributed by atoms with Gasteiger partial charge in [0.25, 0.3) is 29.8 Å². The van der Waals surface area contributed by atoms with Crippen LogP contribution in [0, 0.1) is 51.1 Å². The van der Waals surface area contributed by atoms with Crippen molar-refractivity contribution < 1.29 is 27.1 Å². The standard InChI is InChI=1S/C23H20BrClN3OP.C23H20Cl2N3OP.C23H21FN3OP.C21H20N3O2P/c24-22-17-18(25)11-12-21(22)23(13-14-26)30(29)27(19-7-3-1-4-8-19)15-16-28(30)20-9-5-2-6-10-20;24-18-11-12-21(22(25)17-18)23(13-14-26)30(29)27(19-7-3-1-4-8-19)15-16-28(30)20-9-5-2-6-10-20;24-22-14-8-7-13-21(22)23(15-16-25)29(28)26(19-9-3-1-4-10-19)17-18-27(29)20-11-5-2-6-12-20;22-14-13-21(20-12-7-17-26-20)27(25)23(18-8-3-1-4-9-18)15-16-24(27)19-10-5-2-6-11-19/h2*1-12,17,23H,13,15-16H2;1-14,23H,15,17-18H2;1-12,17,21H,13,15-16H2. The van der Waals surface area contributed by atoms with Gasteiger partial charge in [0.1, 0.15) is 17.2 Å². The van der Waals surface area contributed by atoms with Gasteiger partial charge in [-0.25, -0.2) is 4.39 Å². The quantitative estimate of drug-likeness (QED) is 0.0651. The lowest BCUT2D eigenvalue weighted by molar-refractivity contribution is 0.490. The van der Waals surface area contributed by atoms with Gasteiger partial charge >= 0.3 is 0 Å². The van der Waals surface area contributed by atoms with E-state index in [1.54, 1.807) is 60.9 Å². The van der Waals surface area contributed by atoms with Gasteiger partial charge < -0.3 is 41.8 Å². The van der Waals surface area contributed by atoms with Crippen molar-refractivity contribution in [2.75, 3.05) is 89.7 Å². The number of anilines is 8. The van der Waals surface area contributed by atoms with Gasteiger partial charge in [0, 0.05) is 123 Å². The van der Waals surface area contributed by atoms with Crippen molar-refractivity contribution in [2.24, 2.45) is 0 Å². The highest BCUT2D eigenvalue weighted by atomic mass is 79.9. The van der Waals surface area contributed by atoms with E-state index in [1.807, 2.05) is 292 Å². The number of hydrogen-bond donors (Lipinski definition) is 0. The van der Waals surface area contributed by atoms with Gasteiger partial charge in [-0.1, -0.05) is 227 Å². The first-order valence-corrected chi connectivity index (χ1v) is 46.4. The first-order valence-electron chi connectivity index (χ1n) is 37.7. The van der Waals surface area contributed by atoms with E-state index in [9.17, 15) is 34.6 Å². The minimum Gasteiger partial charge on any atom is -0.468 e. The van der Waals surface area contributed by atoms with Gasteiger partial charge in [0.15, 0.2) is 0 Å². The molecule has 0 radical (unpaired) electrons. The van der Waals surface area contributed by atoms with E-state index in [-0.39, 0.29) is 25.7 Å². The molecule has 0 saturated carbocycles. The fourth-order valence-corrected chi connectivity index (χ4v) is 31.4. The maximum atomic E-state index is 15.1. The molecule has 4 fully saturated rings. The monoisotopic (exact) mass is 1740 g/mol. The number of halogens is 5. The summed E-state index contributed by atoms with van der Waals surface area (Å²) in [6.45, 7) is 4.72. The van der Waals surface area contributed by atoms with Crippen LogP contribution in [0.1, 0.15) is 70.8 Å². The van der Waals surface area contributed by atoms with Crippen LogP contribution in [0.15, 0.2) is 331 Å². The SMILES string of the molecule is N#CCC(c1ccc(Cl)cc1Br)P1(=O)N(c2ccccc2)CCN1c1ccccc1.N#CCC(c1ccc(Cl)cc1Cl)P1(=O)N(c2ccccc2)CCN1c1ccccc1.N#CCC(c1ccccc1F)P1(=O)N(c2ccccc2)CCN1c1ccccc1.N#CCC(c1ccco1)P1(=O)N(c2ccccc2)CCN1c1ccccc1. The zero-order valence-electron chi connectivity index (χ0n) is 63.0. The molecule has 0 spiro atoms. The van der Waals surface area contributed by atoms with Crippen LogP contribution < -0.4 is 37.4 Å². The molecule has 11 aromatic carbocycles. The summed E-state index contributed by atoms with van der Waals surface area (Å²) in [5, 5.41) is 39.9. The molecule has 1 aromatic heterocycles. The highest BCUT2D eigenvalue weighted by Gasteiger charge is 2.55. The molecule has 0 bridgehead atoms. The number of nitriles is 4. The van der Waals surface area contributed by atoms with Crippen molar-refractivity contribution in [1.29, 1.82) is 21.0 Å². The smallest absolute Gasteiger partial charge is 0.274 e. The number of nitrogens with zero attached hydrogens (tertiary/aromatic N) is 12. The molecule has 26 heteroatoms. The van der Waals surface area contributed by atoms with Crippen LogP contribution >= 0.6 is 80.5 Å². The van der Waals surface area contributed by atoms with Crippen molar-refractivity contribution in [2.45, 2.75) is 48.3 Å². The first-order chi connectivity index (χ1) is 56.5. The normalized spacial score (nSPS) is 16.5. The number of hydrogen-bond acceptors (Lipinski definition) is 9. The summed E-state index contributed by atoms with van der Waals surface area (Å²) in [7, 11) is -13.2. The Morgan fingerprint density at radius 2 is 0.569 bits per heavy atom. The van der Waals surface area contributed by atoms with Crippen LogP contribution in [0.4, 0.5) is 49.9 Å². The minimum absolute atomic E-state index is 0.0368. The molecular weight excluding hydrogens is 1660 g/mol. The molecular formula is C90H81BrCl3FN12O5P4. The molecule has 0 amide bonds. The molecule has 4 unspecified atom stereocenters. The fraction of sp³-hybridized carbons (Fsp3) is 0.178. The van der Waals surface area contributed by atoms with Gasteiger partial charge in [-0.15, -0.1) is 0 Å². The third-order valence-electron chi connectivity index (χ3n) is 20.8. The average Bonchev–Trinajstić information content (AvgIpc) is 1.58. The number of furan rings is 1. The molecule has 4 saturated heterocycles. The van der Waals surface area contributed by atoms with Crippen LogP contribution in [0.5, 0.6) is 0 Å². The van der Waals surface area contributed by atoms with Crippen molar-refractivity contribution >= 4 is 126 Å².